The zero-order chi connectivity index (χ0) is 26.0. The van der Waals surface area contributed by atoms with Crippen LogP contribution in [0.1, 0.15) is 35.6 Å². The number of pyridine rings is 1. The molecule has 194 valence electrons. The van der Waals surface area contributed by atoms with Crippen LogP contribution >= 0.6 is 0 Å². The second-order valence-corrected chi connectivity index (χ2v) is 9.59. The lowest BCUT2D eigenvalue weighted by atomic mass is 9.91. The van der Waals surface area contributed by atoms with Gasteiger partial charge in [-0.05, 0) is 59.7 Å². The Bertz CT molecular complexity index is 1440. The maximum absolute atomic E-state index is 13.6. The van der Waals surface area contributed by atoms with Gasteiger partial charge in [0.05, 0.1) is 18.2 Å². The molecule has 37 heavy (non-hydrogen) atoms. The molecule has 1 aromatic heterocycles. The number of likely N-dealkylation sites (tertiary alicyclic amines) is 1. The fourth-order valence-corrected chi connectivity index (χ4v) is 5.40. The van der Waals surface area contributed by atoms with E-state index in [-0.39, 0.29) is 11.6 Å². The summed E-state index contributed by atoms with van der Waals surface area (Å²) in [6.45, 7) is 2.90. The predicted octanol–water partition coefficient (Wildman–Crippen LogP) is 5.49. The quantitative estimate of drug-likeness (QED) is 0.256. The fraction of sp³-hybridized carbons (Fsp3) is 0.345. The minimum absolute atomic E-state index is 0.159. The van der Waals surface area contributed by atoms with E-state index >= 15 is 0 Å². The molecule has 0 bridgehead atoms. The van der Waals surface area contributed by atoms with Crippen LogP contribution in [0.15, 0.2) is 71.5 Å². The highest BCUT2D eigenvalue weighted by Gasteiger charge is 2.33. The molecule has 5 nitrogen and oxygen atoms in total. The standard InChI is InChI=1S/C29H30F3N3O2/c1-37-16-13-33-22-11-14-35(15-12-22)27(19-5-4-6-21(17-19)29(30,31)32)20-9-10-26-25(18-20)23-7-2-3-8-24(23)28(36)34-26/h2-10,17-18,22,27,33H,11-16H2,1H3,(H,34,36). The average Bonchev–Trinajstić information content (AvgIpc) is 2.90. The van der Waals surface area contributed by atoms with Gasteiger partial charge in [-0.1, -0.05) is 36.4 Å². The molecule has 1 saturated heterocycles. The van der Waals surface area contributed by atoms with Crippen LogP contribution in [0.2, 0.25) is 0 Å². The van der Waals surface area contributed by atoms with Crippen molar-refractivity contribution in [1.29, 1.82) is 0 Å². The highest BCUT2D eigenvalue weighted by atomic mass is 19.4. The van der Waals surface area contributed by atoms with E-state index in [9.17, 15) is 18.0 Å². The molecule has 2 N–H and O–H groups in total. The third kappa shape index (κ3) is 5.42. The van der Waals surface area contributed by atoms with Crippen LogP contribution in [0.25, 0.3) is 21.7 Å². The van der Waals surface area contributed by atoms with Crippen LogP contribution in [0, 0.1) is 0 Å². The highest BCUT2D eigenvalue weighted by molar-refractivity contribution is 6.05. The monoisotopic (exact) mass is 509 g/mol. The predicted molar refractivity (Wildman–Crippen MR) is 140 cm³/mol. The largest absolute Gasteiger partial charge is 0.416 e. The van der Waals surface area contributed by atoms with E-state index in [4.69, 9.17) is 4.74 Å². The summed E-state index contributed by atoms with van der Waals surface area (Å²) in [6.07, 6.45) is -2.64. The third-order valence-corrected chi connectivity index (χ3v) is 7.23. The van der Waals surface area contributed by atoms with Gasteiger partial charge in [-0.3, -0.25) is 9.69 Å². The van der Waals surface area contributed by atoms with E-state index in [1.165, 1.54) is 12.1 Å². The van der Waals surface area contributed by atoms with Crippen molar-refractivity contribution in [2.45, 2.75) is 31.1 Å². The number of alkyl halides is 3. The Labute approximate surface area is 213 Å². The number of benzene rings is 3. The molecule has 1 aliphatic rings. The minimum atomic E-state index is -4.42. The van der Waals surface area contributed by atoms with E-state index in [2.05, 4.69) is 15.2 Å². The van der Waals surface area contributed by atoms with Crippen molar-refractivity contribution >= 4 is 21.7 Å². The Hall–Kier alpha value is -3.20. The molecule has 0 radical (unpaired) electrons. The number of hydrogen-bond acceptors (Lipinski definition) is 4. The molecule has 1 atom stereocenters. The maximum Gasteiger partial charge on any atom is 0.416 e. The topological polar surface area (TPSA) is 57.4 Å². The molecule has 1 aliphatic heterocycles. The number of methoxy groups -OCH3 is 1. The maximum atomic E-state index is 13.6. The lowest BCUT2D eigenvalue weighted by Crippen LogP contribution is -2.44. The van der Waals surface area contributed by atoms with Crippen LogP contribution in [0.5, 0.6) is 0 Å². The van der Waals surface area contributed by atoms with Gasteiger partial charge in [-0.25, -0.2) is 0 Å². The number of fused-ring (bicyclic) bond motifs is 3. The van der Waals surface area contributed by atoms with Gasteiger partial charge in [-0.2, -0.15) is 13.2 Å². The van der Waals surface area contributed by atoms with Gasteiger partial charge in [0, 0.05) is 49.1 Å². The van der Waals surface area contributed by atoms with Crippen LogP contribution < -0.4 is 10.9 Å². The summed E-state index contributed by atoms with van der Waals surface area (Å²) in [4.78, 5) is 17.8. The number of nitrogens with zero attached hydrogens (tertiary/aromatic N) is 1. The van der Waals surface area contributed by atoms with E-state index in [0.717, 1.165) is 54.9 Å². The summed E-state index contributed by atoms with van der Waals surface area (Å²) >= 11 is 0. The van der Waals surface area contributed by atoms with Gasteiger partial charge < -0.3 is 15.0 Å². The van der Waals surface area contributed by atoms with E-state index in [1.807, 2.05) is 36.4 Å². The molecule has 4 aromatic rings. The van der Waals surface area contributed by atoms with E-state index < -0.39 is 11.7 Å². The Morgan fingerprint density at radius 2 is 1.70 bits per heavy atom. The Morgan fingerprint density at radius 3 is 2.43 bits per heavy atom. The van der Waals surface area contributed by atoms with Gasteiger partial charge in [0.1, 0.15) is 0 Å². The number of ether oxygens (including phenoxy) is 1. The summed E-state index contributed by atoms with van der Waals surface area (Å²) in [5.41, 5.74) is 1.40. The Balaban J connectivity index is 1.56. The number of aromatic nitrogens is 1. The zero-order valence-electron chi connectivity index (χ0n) is 20.6. The molecule has 0 amide bonds. The van der Waals surface area contributed by atoms with Gasteiger partial charge >= 0.3 is 6.18 Å². The third-order valence-electron chi connectivity index (χ3n) is 7.23. The molecule has 3 aromatic carbocycles. The van der Waals surface area contributed by atoms with Crippen molar-refractivity contribution in [3.63, 3.8) is 0 Å². The lowest BCUT2D eigenvalue weighted by molar-refractivity contribution is -0.137. The second kappa shape index (κ2) is 10.7. The van der Waals surface area contributed by atoms with Crippen molar-refractivity contribution < 1.29 is 17.9 Å². The molecule has 0 aliphatic carbocycles. The molecule has 1 fully saturated rings. The van der Waals surface area contributed by atoms with Crippen LogP contribution in [-0.4, -0.2) is 49.3 Å². The summed E-state index contributed by atoms with van der Waals surface area (Å²) in [5.74, 6) is 0. The van der Waals surface area contributed by atoms with Crippen molar-refractivity contribution in [1.82, 2.24) is 15.2 Å². The number of rotatable bonds is 7. The van der Waals surface area contributed by atoms with Crippen molar-refractivity contribution in [2.24, 2.45) is 0 Å². The number of H-pyrrole nitrogens is 1. The van der Waals surface area contributed by atoms with Crippen LogP contribution in [0.4, 0.5) is 13.2 Å². The first-order valence-corrected chi connectivity index (χ1v) is 12.5. The van der Waals surface area contributed by atoms with Crippen molar-refractivity contribution in [2.75, 3.05) is 33.4 Å². The van der Waals surface area contributed by atoms with Gasteiger partial charge in [-0.15, -0.1) is 0 Å². The van der Waals surface area contributed by atoms with Gasteiger partial charge in [0.15, 0.2) is 0 Å². The lowest BCUT2D eigenvalue weighted by Gasteiger charge is -2.38. The summed E-state index contributed by atoms with van der Waals surface area (Å²) < 4.78 is 46.0. The van der Waals surface area contributed by atoms with Crippen molar-refractivity contribution in [3.8, 4) is 0 Å². The molecule has 8 heteroatoms. The van der Waals surface area contributed by atoms with Crippen LogP contribution in [-0.2, 0) is 10.9 Å². The van der Waals surface area contributed by atoms with Gasteiger partial charge in [0.25, 0.3) is 5.56 Å². The summed E-state index contributed by atoms with van der Waals surface area (Å²) in [6, 6.07) is 18.8. The molecule has 0 saturated carbocycles. The number of halogens is 3. The molecule has 0 spiro atoms. The first-order valence-electron chi connectivity index (χ1n) is 12.5. The molecular formula is C29H30F3N3O2. The molecule has 1 unspecified atom stereocenters. The molecule has 5 rings (SSSR count). The van der Waals surface area contributed by atoms with Crippen molar-refractivity contribution in [3.05, 3.63) is 93.8 Å². The Kier molecular flexibility index (Phi) is 7.33. The average molecular weight is 510 g/mol. The van der Waals surface area contributed by atoms with Gasteiger partial charge in [0.2, 0.25) is 0 Å². The second-order valence-electron chi connectivity index (χ2n) is 9.59. The number of hydrogen-bond donors (Lipinski definition) is 2. The smallest absolute Gasteiger partial charge is 0.383 e. The van der Waals surface area contributed by atoms with E-state index in [1.54, 1.807) is 19.2 Å². The Morgan fingerprint density at radius 1 is 0.973 bits per heavy atom. The SMILES string of the molecule is COCCNC1CCN(C(c2cccc(C(F)(F)F)c2)c2ccc3[nH]c(=O)c4ccccc4c3c2)CC1. The van der Waals surface area contributed by atoms with Crippen LogP contribution in [0.3, 0.4) is 0 Å². The normalized spacial score (nSPS) is 16.4. The van der Waals surface area contributed by atoms with E-state index in [0.29, 0.717) is 29.1 Å². The fourth-order valence-electron chi connectivity index (χ4n) is 5.40. The highest BCUT2D eigenvalue weighted by Crippen LogP contribution is 2.37. The summed E-state index contributed by atoms with van der Waals surface area (Å²) in [7, 11) is 1.67. The zero-order valence-corrected chi connectivity index (χ0v) is 20.6. The number of nitrogens with one attached hydrogen (secondary N) is 2. The first kappa shape index (κ1) is 25.4. The molecule has 2 heterocycles. The summed E-state index contributed by atoms with van der Waals surface area (Å²) in [5, 5.41) is 5.80. The first-order chi connectivity index (χ1) is 17.8. The molecular weight excluding hydrogens is 479 g/mol. The number of piperidine rings is 1. The minimum Gasteiger partial charge on any atom is -0.383 e. The number of aromatic amines is 1.